The van der Waals surface area contributed by atoms with Crippen LogP contribution in [-0.2, 0) is 6.18 Å². The Morgan fingerprint density at radius 2 is 2.00 bits per heavy atom. The predicted molar refractivity (Wildman–Crippen MR) is 57.9 cm³/mol. The zero-order chi connectivity index (χ0) is 12.5. The van der Waals surface area contributed by atoms with E-state index in [4.69, 9.17) is 5.73 Å². The van der Waals surface area contributed by atoms with E-state index in [0.29, 0.717) is 0 Å². The molecule has 0 bridgehead atoms. The van der Waals surface area contributed by atoms with Crippen molar-refractivity contribution in [3.8, 4) is 5.75 Å². The minimum absolute atomic E-state index is 0.160. The van der Waals surface area contributed by atoms with Gasteiger partial charge in [0.15, 0.2) is 0 Å². The fourth-order valence-electron chi connectivity index (χ4n) is 1.28. The number of hydrogen-bond acceptors (Lipinski definition) is 2. The van der Waals surface area contributed by atoms with Crippen LogP contribution < -0.4 is 5.73 Å². The van der Waals surface area contributed by atoms with Crippen molar-refractivity contribution in [2.75, 3.05) is 0 Å². The summed E-state index contributed by atoms with van der Waals surface area (Å²) in [7, 11) is 0. The molecular weight excluding hydrogens is 287 g/mol. The molecule has 0 spiro atoms. The lowest BCUT2D eigenvalue weighted by atomic mass is 9.99. The molecule has 2 nitrogen and oxygen atoms in total. The second-order valence-corrected chi connectivity index (χ2v) is 3.97. The molecule has 0 aliphatic rings. The summed E-state index contributed by atoms with van der Waals surface area (Å²) in [5.74, 6) is -0.512. The maximum Gasteiger partial charge on any atom is 0.416 e. The van der Waals surface area contributed by atoms with E-state index in [1.165, 1.54) is 0 Å². The van der Waals surface area contributed by atoms with E-state index in [1.54, 1.807) is 0 Å². The predicted octanol–water partition coefficient (Wildman–Crippen LogP) is 3.36. The largest absolute Gasteiger partial charge is 0.506 e. The third-order valence-electron chi connectivity index (χ3n) is 2.06. The van der Waals surface area contributed by atoms with E-state index >= 15 is 0 Å². The first-order valence-electron chi connectivity index (χ1n) is 4.25. The number of hydrogen-bond donors (Lipinski definition) is 2. The summed E-state index contributed by atoms with van der Waals surface area (Å²) in [6.07, 6.45) is -3.43. The molecule has 1 aromatic carbocycles. The maximum atomic E-state index is 12.6. The summed E-state index contributed by atoms with van der Waals surface area (Å²) >= 11 is 2.94. The van der Waals surface area contributed by atoms with Crippen molar-refractivity contribution in [3.63, 3.8) is 0 Å². The molecule has 0 amide bonds. The van der Waals surface area contributed by atoms with Crippen molar-refractivity contribution in [1.82, 2.24) is 0 Å². The zero-order valence-electron chi connectivity index (χ0n) is 8.05. The highest BCUT2D eigenvalue weighted by molar-refractivity contribution is 9.10. The molecule has 0 aromatic heterocycles. The number of alkyl halides is 3. The van der Waals surface area contributed by atoms with Crippen LogP contribution in [0, 0.1) is 0 Å². The molecule has 1 atom stereocenters. The second-order valence-electron chi connectivity index (χ2n) is 3.12. The van der Waals surface area contributed by atoms with Gasteiger partial charge in [-0.1, -0.05) is 6.08 Å². The maximum absolute atomic E-state index is 12.6. The van der Waals surface area contributed by atoms with Crippen LogP contribution in [0.4, 0.5) is 13.2 Å². The summed E-state index contributed by atoms with van der Waals surface area (Å²) < 4.78 is 38.1. The van der Waals surface area contributed by atoms with Crippen molar-refractivity contribution in [3.05, 3.63) is 40.4 Å². The third kappa shape index (κ3) is 2.38. The highest BCUT2D eigenvalue weighted by Gasteiger charge is 2.36. The summed E-state index contributed by atoms with van der Waals surface area (Å²) in [5.41, 5.74) is 4.13. The minimum Gasteiger partial charge on any atom is -0.506 e. The molecule has 0 aliphatic heterocycles. The number of benzene rings is 1. The molecule has 0 unspecified atom stereocenters. The lowest BCUT2D eigenvalue weighted by Crippen LogP contribution is -2.16. The molecular formula is C10H9BrF3NO. The normalized spacial score (nSPS) is 13.6. The monoisotopic (exact) mass is 295 g/mol. The Balaban J connectivity index is 3.51. The third-order valence-corrected chi connectivity index (χ3v) is 2.70. The number of rotatable bonds is 2. The highest BCUT2D eigenvalue weighted by atomic mass is 79.9. The highest BCUT2D eigenvalue weighted by Crippen LogP contribution is 2.41. The fourth-order valence-corrected chi connectivity index (χ4v) is 1.63. The quantitative estimate of drug-likeness (QED) is 0.822. The lowest BCUT2D eigenvalue weighted by Gasteiger charge is -2.18. The first-order chi connectivity index (χ1) is 7.29. The standard InChI is InChI=1S/C10H9BrF3NO/c1-2-7(15)8-5(10(12,13)14)3-4-6(11)9(8)16/h2-4,7,16H,1,15H2/t7-/m1/s1. The van der Waals surface area contributed by atoms with Gasteiger partial charge in [-0.2, -0.15) is 13.2 Å². The Hall–Kier alpha value is -1.01. The Bertz CT molecular complexity index is 417. The van der Waals surface area contributed by atoms with Crippen molar-refractivity contribution >= 4 is 15.9 Å². The Morgan fingerprint density at radius 3 is 2.44 bits per heavy atom. The minimum atomic E-state index is -4.56. The van der Waals surface area contributed by atoms with Gasteiger partial charge in [-0.05, 0) is 28.1 Å². The molecule has 0 fully saturated rings. The Kier molecular flexibility index (Phi) is 3.64. The van der Waals surface area contributed by atoms with Crippen LogP contribution in [0.5, 0.6) is 5.75 Å². The van der Waals surface area contributed by atoms with Crippen LogP contribution in [0.15, 0.2) is 29.3 Å². The zero-order valence-corrected chi connectivity index (χ0v) is 9.64. The number of nitrogens with two attached hydrogens (primary N) is 1. The molecule has 0 heterocycles. The topological polar surface area (TPSA) is 46.2 Å². The SMILES string of the molecule is C=C[C@@H](N)c1c(C(F)(F)F)ccc(Br)c1O. The van der Waals surface area contributed by atoms with Gasteiger partial charge in [0.05, 0.1) is 16.1 Å². The molecule has 0 aliphatic carbocycles. The van der Waals surface area contributed by atoms with Crippen LogP contribution in [0.2, 0.25) is 0 Å². The van der Waals surface area contributed by atoms with E-state index in [9.17, 15) is 18.3 Å². The number of halogens is 4. The number of phenolic OH excluding ortho intramolecular Hbond substituents is 1. The van der Waals surface area contributed by atoms with Gasteiger partial charge >= 0.3 is 6.18 Å². The van der Waals surface area contributed by atoms with Crippen LogP contribution in [0.3, 0.4) is 0 Å². The Morgan fingerprint density at radius 1 is 1.44 bits per heavy atom. The molecule has 6 heteroatoms. The van der Waals surface area contributed by atoms with E-state index < -0.39 is 23.5 Å². The van der Waals surface area contributed by atoms with E-state index in [-0.39, 0.29) is 10.0 Å². The molecule has 88 valence electrons. The molecule has 1 aromatic rings. The average Bonchev–Trinajstić information content (AvgIpc) is 2.19. The van der Waals surface area contributed by atoms with Gasteiger partial charge in [0, 0.05) is 5.56 Å². The first kappa shape index (κ1) is 13.1. The summed E-state index contributed by atoms with van der Waals surface area (Å²) in [4.78, 5) is 0. The van der Waals surface area contributed by atoms with Crippen LogP contribution in [0.25, 0.3) is 0 Å². The molecule has 3 N–H and O–H groups in total. The van der Waals surface area contributed by atoms with Crippen molar-refractivity contribution < 1.29 is 18.3 Å². The van der Waals surface area contributed by atoms with E-state index in [0.717, 1.165) is 18.2 Å². The van der Waals surface area contributed by atoms with Gasteiger partial charge in [0.1, 0.15) is 5.75 Å². The van der Waals surface area contributed by atoms with Gasteiger partial charge in [-0.3, -0.25) is 0 Å². The molecule has 0 radical (unpaired) electrons. The van der Waals surface area contributed by atoms with Crippen LogP contribution >= 0.6 is 15.9 Å². The van der Waals surface area contributed by atoms with Crippen LogP contribution in [0.1, 0.15) is 17.2 Å². The Labute approximate surface area is 98.7 Å². The van der Waals surface area contributed by atoms with E-state index in [1.807, 2.05) is 0 Å². The number of phenols is 1. The van der Waals surface area contributed by atoms with Gasteiger partial charge < -0.3 is 10.8 Å². The van der Waals surface area contributed by atoms with Gasteiger partial charge in [-0.25, -0.2) is 0 Å². The van der Waals surface area contributed by atoms with Crippen LogP contribution in [-0.4, -0.2) is 5.11 Å². The molecule has 1 rings (SSSR count). The molecule has 0 saturated carbocycles. The number of aromatic hydroxyl groups is 1. The fraction of sp³-hybridized carbons (Fsp3) is 0.200. The van der Waals surface area contributed by atoms with Gasteiger partial charge in [-0.15, -0.1) is 6.58 Å². The second kappa shape index (κ2) is 4.47. The van der Waals surface area contributed by atoms with Crippen molar-refractivity contribution in [2.24, 2.45) is 5.73 Å². The summed E-state index contributed by atoms with van der Waals surface area (Å²) in [5, 5.41) is 9.57. The van der Waals surface area contributed by atoms with Crippen molar-refractivity contribution in [2.45, 2.75) is 12.2 Å². The van der Waals surface area contributed by atoms with E-state index in [2.05, 4.69) is 22.5 Å². The summed E-state index contributed by atoms with van der Waals surface area (Å²) in [6, 6.07) is 0.911. The van der Waals surface area contributed by atoms with Gasteiger partial charge in [0.2, 0.25) is 0 Å². The molecule has 0 saturated heterocycles. The average molecular weight is 296 g/mol. The lowest BCUT2D eigenvalue weighted by molar-refractivity contribution is -0.138. The first-order valence-corrected chi connectivity index (χ1v) is 5.05. The summed E-state index contributed by atoms with van der Waals surface area (Å²) in [6.45, 7) is 3.31. The smallest absolute Gasteiger partial charge is 0.416 e. The van der Waals surface area contributed by atoms with Gasteiger partial charge in [0.25, 0.3) is 0 Å². The molecule has 16 heavy (non-hydrogen) atoms. The van der Waals surface area contributed by atoms with Crippen molar-refractivity contribution in [1.29, 1.82) is 0 Å².